The van der Waals surface area contributed by atoms with Gasteiger partial charge in [0, 0.05) is 48.8 Å². The maximum absolute atomic E-state index is 12.6. The van der Waals surface area contributed by atoms with Crippen molar-refractivity contribution >= 4 is 29.8 Å². The quantitative estimate of drug-likeness (QED) is 0.634. The Bertz CT molecular complexity index is 1180. The summed E-state index contributed by atoms with van der Waals surface area (Å²) < 4.78 is 1.54. The number of aromatic nitrogens is 3. The molecular formula is C24H27N7O2. The van der Waals surface area contributed by atoms with Gasteiger partial charge in [0.2, 0.25) is 5.91 Å². The van der Waals surface area contributed by atoms with Crippen LogP contribution in [0, 0.1) is 12.8 Å². The van der Waals surface area contributed by atoms with Crippen molar-refractivity contribution in [2.24, 2.45) is 16.0 Å². The van der Waals surface area contributed by atoms with Crippen molar-refractivity contribution < 1.29 is 9.59 Å². The number of rotatable bonds is 6. The Labute approximate surface area is 191 Å². The normalized spacial score (nSPS) is 21.5. The van der Waals surface area contributed by atoms with Crippen molar-refractivity contribution in [2.75, 3.05) is 0 Å². The van der Waals surface area contributed by atoms with E-state index in [-0.39, 0.29) is 11.8 Å². The van der Waals surface area contributed by atoms with Gasteiger partial charge in [0.25, 0.3) is 5.91 Å². The number of aromatic amines is 1. The maximum Gasteiger partial charge on any atom is 0.254 e. The lowest BCUT2D eigenvalue weighted by molar-refractivity contribution is -0.120. The summed E-state index contributed by atoms with van der Waals surface area (Å²) in [6.45, 7) is 2.07. The molecule has 1 saturated carbocycles. The van der Waals surface area contributed by atoms with Crippen molar-refractivity contribution in [2.45, 2.75) is 51.4 Å². The summed E-state index contributed by atoms with van der Waals surface area (Å²) in [6, 6.07) is 0. The van der Waals surface area contributed by atoms with Crippen molar-refractivity contribution in [3.8, 4) is 0 Å². The van der Waals surface area contributed by atoms with Crippen LogP contribution in [0.1, 0.15) is 65.3 Å². The Morgan fingerprint density at radius 2 is 2.15 bits per heavy atom. The van der Waals surface area contributed by atoms with Crippen molar-refractivity contribution in [3.63, 3.8) is 0 Å². The van der Waals surface area contributed by atoms with Crippen LogP contribution in [0.15, 0.2) is 46.9 Å². The summed E-state index contributed by atoms with van der Waals surface area (Å²) >= 11 is 0. The minimum atomic E-state index is -0.521. The van der Waals surface area contributed by atoms with Crippen LogP contribution in [-0.4, -0.2) is 38.3 Å². The van der Waals surface area contributed by atoms with Gasteiger partial charge >= 0.3 is 0 Å². The van der Waals surface area contributed by atoms with E-state index >= 15 is 0 Å². The van der Waals surface area contributed by atoms with Crippen molar-refractivity contribution in [1.29, 1.82) is 0 Å². The number of amides is 1. The van der Waals surface area contributed by atoms with Crippen LogP contribution in [0.4, 0.5) is 0 Å². The zero-order chi connectivity index (χ0) is 22.8. The smallest absolute Gasteiger partial charge is 0.254 e. The first kappa shape index (κ1) is 21.1. The van der Waals surface area contributed by atoms with Gasteiger partial charge in [-0.1, -0.05) is 12.8 Å². The molecular weight excluding hydrogens is 418 g/mol. The van der Waals surface area contributed by atoms with Gasteiger partial charge in [0.1, 0.15) is 12.2 Å². The molecule has 2 aliphatic heterocycles. The highest BCUT2D eigenvalue weighted by atomic mass is 16.2. The average Bonchev–Trinajstić information content (AvgIpc) is 3.61. The molecule has 2 aromatic heterocycles. The number of aryl methyl sites for hydroxylation is 1. The zero-order valence-corrected chi connectivity index (χ0v) is 18.5. The number of carbonyl (C=O) groups is 2. The molecule has 170 valence electrons. The van der Waals surface area contributed by atoms with E-state index in [1.54, 1.807) is 37.3 Å². The first-order valence-corrected chi connectivity index (χ1v) is 11.4. The topological polar surface area (TPSA) is 117 Å². The van der Waals surface area contributed by atoms with Gasteiger partial charge in [-0.3, -0.25) is 19.1 Å². The molecule has 0 radical (unpaired) electrons. The number of nitrogens with one attached hydrogen (secondary N) is 3. The molecule has 0 bridgehead atoms. The molecule has 1 unspecified atom stereocenters. The third-order valence-corrected chi connectivity index (χ3v) is 6.60. The monoisotopic (exact) mass is 445 g/mol. The Morgan fingerprint density at radius 3 is 2.88 bits per heavy atom. The van der Waals surface area contributed by atoms with Crippen LogP contribution < -0.4 is 10.7 Å². The number of nitrogens with zero attached hydrogens (tertiary/aromatic N) is 4. The highest BCUT2D eigenvalue weighted by molar-refractivity contribution is 6.24. The largest absolute Gasteiger partial charge is 0.359 e. The predicted molar refractivity (Wildman–Crippen MR) is 126 cm³/mol. The Kier molecular flexibility index (Phi) is 5.77. The van der Waals surface area contributed by atoms with Crippen LogP contribution in [0.5, 0.6) is 0 Å². The minimum Gasteiger partial charge on any atom is -0.359 e. The lowest BCUT2D eigenvalue weighted by Gasteiger charge is -2.18. The fourth-order valence-electron chi connectivity index (χ4n) is 5.00. The van der Waals surface area contributed by atoms with Crippen LogP contribution in [0.25, 0.3) is 6.08 Å². The molecule has 9 heteroatoms. The molecule has 1 atom stereocenters. The molecule has 1 aliphatic carbocycles. The molecule has 5 rings (SSSR count). The van der Waals surface area contributed by atoms with E-state index in [0.29, 0.717) is 24.5 Å². The lowest BCUT2D eigenvalue weighted by atomic mass is 9.90. The number of carbonyl (C=O) groups excluding carboxylic acids is 2. The fourth-order valence-corrected chi connectivity index (χ4v) is 5.00. The van der Waals surface area contributed by atoms with Crippen molar-refractivity contribution in [1.82, 2.24) is 25.3 Å². The second-order valence-corrected chi connectivity index (χ2v) is 8.67. The molecule has 3 N–H and O–H groups in total. The highest BCUT2D eigenvalue weighted by Crippen LogP contribution is 2.40. The average molecular weight is 446 g/mol. The maximum atomic E-state index is 12.6. The van der Waals surface area contributed by atoms with Crippen LogP contribution in [0.2, 0.25) is 0 Å². The molecule has 33 heavy (non-hydrogen) atoms. The number of imidazole rings is 1. The Morgan fingerprint density at radius 1 is 1.30 bits per heavy atom. The fraction of sp³-hybridized carbons (Fsp3) is 0.375. The standard InChI is InChI=1S/C24H27N7O2/c1-15-17(6-7-21(32)31-11-10-25-14-31)22(16-4-2-3-5-16)19(29-15)12-20-23(27-9-8-26-20)18-13-28-30-24(18)33/h8-14,16,18,26,29H,2-7H2,1H3,(H,30,33). The molecule has 0 saturated heterocycles. The Hall–Kier alpha value is -3.75. The van der Waals surface area contributed by atoms with Gasteiger partial charge in [-0.15, -0.1) is 0 Å². The summed E-state index contributed by atoms with van der Waals surface area (Å²) in [4.78, 5) is 36.8. The second-order valence-electron chi connectivity index (χ2n) is 8.67. The summed E-state index contributed by atoms with van der Waals surface area (Å²) in [5.41, 5.74) is 8.49. The summed E-state index contributed by atoms with van der Waals surface area (Å²) in [5.74, 6) is -0.220. The predicted octanol–water partition coefficient (Wildman–Crippen LogP) is 3.04. The van der Waals surface area contributed by atoms with E-state index in [2.05, 4.69) is 37.7 Å². The third kappa shape index (κ3) is 4.18. The number of hydrogen-bond donors (Lipinski definition) is 3. The first-order chi connectivity index (χ1) is 16.1. The van der Waals surface area contributed by atoms with E-state index in [1.165, 1.54) is 28.5 Å². The van der Waals surface area contributed by atoms with E-state index in [4.69, 9.17) is 0 Å². The van der Waals surface area contributed by atoms with Gasteiger partial charge in [0.15, 0.2) is 0 Å². The zero-order valence-electron chi connectivity index (χ0n) is 18.5. The van der Waals surface area contributed by atoms with Crippen LogP contribution >= 0.6 is 0 Å². The van der Waals surface area contributed by atoms with Gasteiger partial charge in [-0.2, -0.15) is 5.10 Å². The molecule has 1 amide bonds. The molecule has 3 aliphatic rings. The number of aliphatic imine (C=N–C) groups is 1. The van der Waals surface area contributed by atoms with Gasteiger partial charge in [-0.25, -0.2) is 10.4 Å². The summed E-state index contributed by atoms with van der Waals surface area (Å²) in [7, 11) is 0. The van der Waals surface area contributed by atoms with Crippen LogP contribution in [0.3, 0.4) is 0 Å². The SMILES string of the molecule is Cc1[nH]c(C=C2NC=CN=C2C2C=NNC2=O)c(C2CCCC2)c1CCC(=O)n1ccnc1. The number of allylic oxidation sites excluding steroid dienone is 1. The molecule has 0 aromatic carbocycles. The third-order valence-electron chi connectivity index (χ3n) is 6.60. The van der Waals surface area contributed by atoms with Gasteiger partial charge < -0.3 is 10.3 Å². The van der Waals surface area contributed by atoms with E-state index in [1.807, 2.05) is 6.08 Å². The molecule has 0 spiro atoms. The van der Waals surface area contributed by atoms with Gasteiger partial charge in [0.05, 0.1) is 11.4 Å². The lowest BCUT2D eigenvalue weighted by Crippen LogP contribution is -2.32. The second kappa shape index (κ2) is 9.01. The summed E-state index contributed by atoms with van der Waals surface area (Å²) in [5, 5.41) is 7.15. The molecule has 1 fully saturated rings. The van der Waals surface area contributed by atoms with E-state index in [9.17, 15) is 9.59 Å². The van der Waals surface area contributed by atoms with E-state index < -0.39 is 5.92 Å². The van der Waals surface area contributed by atoms with Crippen molar-refractivity contribution in [3.05, 3.63) is 59.3 Å². The number of hydrazone groups is 1. The molecule has 9 nitrogen and oxygen atoms in total. The molecule has 4 heterocycles. The first-order valence-electron chi connectivity index (χ1n) is 11.4. The Balaban J connectivity index is 1.48. The number of hydrogen-bond acceptors (Lipinski definition) is 6. The minimum absolute atomic E-state index is 0.0328. The van der Waals surface area contributed by atoms with Crippen LogP contribution in [-0.2, 0) is 11.2 Å². The highest BCUT2D eigenvalue weighted by Gasteiger charge is 2.31. The van der Waals surface area contributed by atoms with Gasteiger partial charge in [-0.05, 0) is 49.3 Å². The van der Waals surface area contributed by atoms with E-state index in [0.717, 1.165) is 29.9 Å². The molecule has 2 aromatic rings. The number of H-pyrrole nitrogens is 1. The summed E-state index contributed by atoms with van der Waals surface area (Å²) in [6.07, 6.45) is 17.7.